The summed E-state index contributed by atoms with van der Waals surface area (Å²) in [4.78, 5) is 8.22. The van der Waals surface area contributed by atoms with Crippen LogP contribution in [0.15, 0.2) is 29.8 Å². The van der Waals surface area contributed by atoms with E-state index in [1.165, 1.54) is 16.0 Å². The molecule has 2 heterocycles. The molecule has 0 unspecified atom stereocenters. The number of pyridine rings is 1. The number of aromatic nitrogens is 1. The summed E-state index contributed by atoms with van der Waals surface area (Å²) in [5.41, 5.74) is 2.58. The molecule has 0 saturated carbocycles. The van der Waals surface area contributed by atoms with Crippen LogP contribution in [0.4, 0.5) is 5.82 Å². The maximum Gasteiger partial charge on any atom is 0.131 e. The van der Waals surface area contributed by atoms with Crippen molar-refractivity contribution in [3.63, 3.8) is 0 Å². The summed E-state index contributed by atoms with van der Waals surface area (Å²) in [5, 5.41) is 5.61. The number of hydrogen-bond acceptors (Lipinski definition) is 4. The molecular formula is C17H25N3S. The third kappa shape index (κ3) is 4.83. The Morgan fingerprint density at radius 3 is 2.67 bits per heavy atom. The van der Waals surface area contributed by atoms with Gasteiger partial charge in [0, 0.05) is 30.2 Å². The van der Waals surface area contributed by atoms with Crippen molar-refractivity contribution < 1.29 is 0 Å². The van der Waals surface area contributed by atoms with Crippen LogP contribution >= 0.6 is 11.3 Å². The van der Waals surface area contributed by atoms with Crippen LogP contribution in [0.5, 0.6) is 0 Å². The lowest BCUT2D eigenvalue weighted by atomic mass is 10.1. The van der Waals surface area contributed by atoms with Crippen LogP contribution in [0, 0.1) is 6.92 Å². The summed E-state index contributed by atoms with van der Waals surface area (Å²) in [6.07, 6.45) is 1.98. The number of rotatable bonds is 5. The Balaban J connectivity index is 2.04. The smallest absolute Gasteiger partial charge is 0.131 e. The molecule has 0 fully saturated rings. The summed E-state index contributed by atoms with van der Waals surface area (Å²) in [7, 11) is 2.10. The predicted molar refractivity (Wildman–Crippen MR) is 92.0 cm³/mol. The van der Waals surface area contributed by atoms with Crippen molar-refractivity contribution >= 4 is 17.2 Å². The van der Waals surface area contributed by atoms with E-state index < -0.39 is 0 Å². The van der Waals surface area contributed by atoms with Gasteiger partial charge in [-0.2, -0.15) is 0 Å². The summed E-state index contributed by atoms with van der Waals surface area (Å²) >= 11 is 1.79. The Bertz CT molecular complexity index is 570. The largest absolute Gasteiger partial charge is 0.354 e. The zero-order chi connectivity index (χ0) is 15.5. The van der Waals surface area contributed by atoms with Gasteiger partial charge in [-0.25, -0.2) is 4.98 Å². The highest BCUT2D eigenvalue weighted by atomic mass is 32.1. The zero-order valence-electron chi connectivity index (χ0n) is 13.6. The molecule has 3 nitrogen and oxygen atoms in total. The third-order valence-electron chi connectivity index (χ3n) is 3.26. The standard InChI is InChI=1S/C17H25N3S/c1-13-9-14(11-19-17(2,3)4)10-18-16(13)20(5)12-15-7-6-8-21-15/h6-10,19H,11-12H2,1-5H3. The average Bonchev–Trinajstić information content (AvgIpc) is 2.88. The molecule has 0 aromatic carbocycles. The molecule has 0 spiro atoms. The fourth-order valence-corrected chi connectivity index (χ4v) is 2.96. The van der Waals surface area contributed by atoms with Crippen LogP contribution in [0.25, 0.3) is 0 Å². The number of hydrogen-bond donors (Lipinski definition) is 1. The minimum Gasteiger partial charge on any atom is -0.354 e. The Labute approximate surface area is 132 Å². The Morgan fingerprint density at radius 1 is 1.33 bits per heavy atom. The highest BCUT2D eigenvalue weighted by molar-refractivity contribution is 7.09. The van der Waals surface area contributed by atoms with Crippen molar-refractivity contribution in [1.82, 2.24) is 10.3 Å². The SMILES string of the molecule is Cc1cc(CNC(C)(C)C)cnc1N(C)Cc1cccs1. The van der Waals surface area contributed by atoms with E-state index in [4.69, 9.17) is 0 Å². The first-order valence-corrected chi connectivity index (χ1v) is 8.17. The molecule has 0 bridgehead atoms. The van der Waals surface area contributed by atoms with Gasteiger partial charge in [0.25, 0.3) is 0 Å². The first-order valence-electron chi connectivity index (χ1n) is 7.29. The quantitative estimate of drug-likeness (QED) is 0.905. The maximum absolute atomic E-state index is 4.65. The lowest BCUT2D eigenvalue weighted by Crippen LogP contribution is -2.35. The molecule has 4 heteroatoms. The second kappa shape index (κ2) is 6.58. The molecule has 0 aliphatic heterocycles. The van der Waals surface area contributed by atoms with Crippen molar-refractivity contribution in [2.75, 3.05) is 11.9 Å². The summed E-state index contributed by atoms with van der Waals surface area (Å²) in [6, 6.07) is 6.49. The topological polar surface area (TPSA) is 28.2 Å². The number of aryl methyl sites for hydroxylation is 1. The molecule has 0 saturated heterocycles. The van der Waals surface area contributed by atoms with E-state index in [1.54, 1.807) is 11.3 Å². The van der Waals surface area contributed by atoms with Crippen LogP contribution in [0.2, 0.25) is 0 Å². The van der Waals surface area contributed by atoms with E-state index in [9.17, 15) is 0 Å². The van der Waals surface area contributed by atoms with Gasteiger partial charge in [0.1, 0.15) is 5.82 Å². The first kappa shape index (κ1) is 16.0. The molecule has 21 heavy (non-hydrogen) atoms. The molecule has 2 aromatic heterocycles. The Kier molecular flexibility index (Phi) is 5.01. The lowest BCUT2D eigenvalue weighted by molar-refractivity contribution is 0.424. The fourth-order valence-electron chi connectivity index (χ4n) is 2.20. The van der Waals surface area contributed by atoms with Crippen LogP contribution in [-0.2, 0) is 13.1 Å². The highest BCUT2D eigenvalue weighted by Gasteiger charge is 2.11. The van der Waals surface area contributed by atoms with Crippen LogP contribution in [0.1, 0.15) is 36.8 Å². The molecule has 2 aromatic rings. The van der Waals surface area contributed by atoms with Crippen molar-refractivity contribution in [3.05, 3.63) is 45.8 Å². The van der Waals surface area contributed by atoms with Crippen LogP contribution < -0.4 is 10.2 Å². The number of thiophene rings is 1. The van der Waals surface area contributed by atoms with Gasteiger partial charge in [0.05, 0.1) is 6.54 Å². The second-order valence-corrected chi connectivity index (χ2v) is 7.56. The zero-order valence-corrected chi connectivity index (χ0v) is 14.4. The van der Waals surface area contributed by atoms with Crippen molar-refractivity contribution in [2.24, 2.45) is 0 Å². The third-order valence-corrected chi connectivity index (χ3v) is 4.13. The second-order valence-electron chi connectivity index (χ2n) is 6.52. The minimum atomic E-state index is 0.128. The van der Waals surface area contributed by atoms with E-state index in [0.717, 1.165) is 18.9 Å². The van der Waals surface area contributed by atoms with Gasteiger partial charge in [0.15, 0.2) is 0 Å². The average molecular weight is 303 g/mol. The number of nitrogens with zero attached hydrogens (tertiary/aromatic N) is 2. The predicted octanol–water partition coefficient (Wildman–Crippen LogP) is 3.98. The highest BCUT2D eigenvalue weighted by Crippen LogP contribution is 2.20. The van der Waals surface area contributed by atoms with Crippen LogP contribution in [-0.4, -0.2) is 17.6 Å². The molecule has 0 aliphatic carbocycles. The maximum atomic E-state index is 4.65. The first-order chi connectivity index (χ1) is 9.85. The lowest BCUT2D eigenvalue weighted by Gasteiger charge is -2.22. The normalized spacial score (nSPS) is 11.7. The Morgan fingerprint density at radius 2 is 2.10 bits per heavy atom. The molecule has 1 N–H and O–H groups in total. The monoisotopic (exact) mass is 303 g/mol. The van der Waals surface area contributed by atoms with Crippen LogP contribution in [0.3, 0.4) is 0 Å². The summed E-state index contributed by atoms with van der Waals surface area (Å²) < 4.78 is 0. The van der Waals surface area contributed by atoms with E-state index in [0.29, 0.717) is 0 Å². The molecular weight excluding hydrogens is 278 g/mol. The van der Waals surface area contributed by atoms with Gasteiger partial charge in [-0.15, -0.1) is 11.3 Å². The van der Waals surface area contributed by atoms with Gasteiger partial charge >= 0.3 is 0 Å². The van der Waals surface area contributed by atoms with E-state index >= 15 is 0 Å². The molecule has 0 aliphatic rings. The van der Waals surface area contributed by atoms with E-state index in [2.05, 4.69) is 73.5 Å². The molecule has 0 atom stereocenters. The van der Waals surface area contributed by atoms with Crippen molar-refractivity contribution in [3.8, 4) is 0 Å². The van der Waals surface area contributed by atoms with Crippen molar-refractivity contribution in [1.29, 1.82) is 0 Å². The summed E-state index contributed by atoms with van der Waals surface area (Å²) in [5.74, 6) is 1.06. The molecule has 0 amide bonds. The van der Waals surface area contributed by atoms with Gasteiger partial charge in [-0.05, 0) is 56.3 Å². The fraction of sp³-hybridized carbons (Fsp3) is 0.471. The van der Waals surface area contributed by atoms with Gasteiger partial charge in [-0.3, -0.25) is 0 Å². The van der Waals surface area contributed by atoms with Gasteiger partial charge in [-0.1, -0.05) is 6.07 Å². The van der Waals surface area contributed by atoms with Gasteiger partial charge < -0.3 is 10.2 Å². The number of anilines is 1. The number of nitrogens with one attached hydrogen (secondary N) is 1. The molecule has 2 rings (SSSR count). The Hall–Kier alpha value is -1.39. The molecule has 114 valence electrons. The summed E-state index contributed by atoms with van der Waals surface area (Å²) in [6.45, 7) is 10.4. The van der Waals surface area contributed by atoms with E-state index in [1.807, 2.05) is 6.20 Å². The van der Waals surface area contributed by atoms with E-state index in [-0.39, 0.29) is 5.54 Å². The minimum absolute atomic E-state index is 0.128. The van der Waals surface area contributed by atoms with Crippen molar-refractivity contribution in [2.45, 2.75) is 46.3 Å². The van der Waals surface area contributed by atoms with Gasteiger partial charge in [0.2, 0.25) is 0 Å². The molecule has 0 radical (unpaired) electrons.